The molecule has 0 saturated heterocycles. The first-order chi connectivity index (χ1) is 7.75. The van der Waals surface area contributed by atoms with Gasteiger partial charge in [0.25, 0.3) is 0 Å². The van der Waals surface area contributed by atoms with Crippen molar-refractivity contribution in [3.8, 4) is 0 Å². The molecule has 2 rings (SSSR count). The summed E-state index contributed by atoms with van der Waals surface area (Å²) in [7, 11) is 0. The van der Waals surface area contributed by atoms with E-state index in [0.717, 1.165) is 18.4 Å². The first-order valence-electron chi connectivity index (χ1n) is 5.58. The Morgan fingerprint density at radius 2 is 2.12 bits per heavy atom. The number of halogens is 2. The summed E-state index contributed by atoms with van der Waals surface area (Å²) in [5, 5.41) is 0. The van der Waals surface area contributed by atoms with Gasteiger partial charge in [0.2, 0.25) is 0 Å². The number of nitrogens with one attached hydrogen (secondary N) is 1. The van der Waals surface area contributed by atoms with Crippen molar-refractivity contribution in [3.05, 3.63) is 34.1 Å². The number of hydroxylamine groups is 1. The molecule has 4 heteroatoms. The average molecular weight is 288 g/mol. The van der Waals surface area contributed by atoms with E-state index in [2.05, 4.69) is 21.4 Å². The molecule has 0 bridgehead atoms. The molecule has 1 aromatic carbocycles. The molecule has 0 radical (unpaired) electrons. The lowest BCUT2D eigenvalue weighted by molar-refractivity contribution is -0.0244. The second kappa shape index (κ2) is 5.75. The molecule has 2 nitrogen and oxygen atoms in total. The van der Waals surface area contributed by atoms with Gasteiger partial charge >= 0.3 is 0 Å². The van der Waals surface area contributed by atoms with E-state index in [4.69, 9.17) is 4.84 Å². The molecule has 1 aliphatic carbocycles. The van der Waals surface area contributed by atoms with Gasteiger partial charge < -0.3 is 0 Å². The van der Waals surface area contributed by atoms with E-state index in [1.165, 1.54) is 18.9 Å². The Morgan fingerprint density at radius 1 is 1.38 bits per heavy atom. The monoisotopic (exact) mass is 287 g/mol. The first-order valence-corrected chi connectivity index (χ1v) is 6.37. The van der Waals surface area contributed by atoms with Gasteiger partial charge in [0.05, 0.1) is 10.6 Å². The van der Waals surface area contributed by atoms with Crippen LogP contribution in [-0.2, 0) is 11.4 Å². The summed E-state index contributed by atoms with van der Waals surface area (Å²) in [6.45, 7) is 0.607. The van der Waals surface area contributed by atoms with E-state index in [9.17, 15) is 4.39 Å². The Labute approximate surface area is 103 Å². The van der Waals surface area contributed by atoms with E-state index >= 15 is 0 Å². The van der Waals surface area contributed by atoms with Crippen molar-refractivity contribution in [2.24, 2.45) is 0 Å². The van der Waals surface area contributed by atoms with Gasteiger partial charge in [0.1, 0.15) is 5.82 Å². The summed E-state index contributed by atoms with van der Waals surface area (Å²) >= 11 is 3.16. The molecule has 1 aliphatic rings. The van der Waals surface area contributed by atoms with Gasteiger partial charge in [0, 0.05) is 6.54 Å². The Bertz CT molecular complexity index is 353. The van der Waals surface area contributed by atoms with Crippen LogP contribution in [0.1, 0.15) is 31.2 Å². The number of hydrogen-bond donors (Lipinski definition) is 1. The maximum absolute atomic E-state index is 13.0. The van der Waals surface area contributed by atoms with Gasteiger partial charge in [-0.25, -0.2) is 4.39 Å². The number of rotatable bonds is 4. The van der Waals surface area contributed by atoms with Gasteiger partial charge in [-0.3, -0.25) is 4.84 Å². The fourth-order valence-corrected chi connectivity index (χ4v) is 2.32. The lowest BCUT2D eigenvalue weighted by Gasteiger charge is -2.11. The molecule has 1 saturated carbocycles. The predicted molar refractivity (Wildman–Crippen MR) is 64.3 cm³/mol. The van der Waals surface area contributed by atoms with Gasteiger partial charge in [-0.15, -0.1) is 0 Å². The third-order valence-electron chi connectivity index (χ3n) is 2.81. The van der Waals surface area contributed by atoms with E-state index in [1.807, 2.05) is 0 Å². The highest BCUT2D eigenvalue weighted by Crippen LogP contribution is 2.20. The lowest BCUT2D eigenvalue weighted by Crippen LogP contribution is -2.21. The minimum Gasteiger partial charge on any atom is -0.298 e. The maximum atomic E-state index is 13.0. The van der Waals surface area contributed by atoms with E-state index in [-0.39, 0.29) is 5.82 Å². The first kappa shape index (κ1) is 12.0. The summed E-state index contributed by atoms with van der Waals surface area (Å²) in [5.74, 6) is -0.236. The van der Waals surface area contributed by atoms with Crippen molar-refractivity contribution in [1.82, 2.24) is 5.48 Å². The second-order valence-electron chi connectivity index (χ2n) is 4.09. The average Bonchev–Trinajstić information content (AvgIpc) is 2.76. The van der Waals surface area contributed by atoms with Crippen LogP contribution in [0.15, 0.2) is 22.7 Å². The van der Waals surface area contributed by atoms with E-state index < -0.39 is 0 Å². The molecule has 88 valence electrons. The normalized spacial score (nSPS) is 16.9. The standard InChI is InChI=1S/C12H15BrFNO/c13-11-7-9(5-6-12(11)14)8-15-16-10-3-1-2-4-10/h5-7,10,15H,1-4,8H2. The summed E-state index contributed by atoms with van der Waals surface area (Å²) < 4.78 is 13.5. The topological polar surface area (TPSA) is 21.3 Å². The zero-order valence-electron chi connectivity index (χ0n) is 9.01. The summed E-state index contributed by atoms with van der Waals surface area (Å²) in [6, 6.07) is 4.97. The fourth-order valence-electron chi connectivity index (χ4n) is 1.90. The van der Waals surface area contributed by atoms with Gasteiger partial charge in [-0.05, 0) is 46.5 Å². The number of hydrogen-bond acceptors (Lipinski definition) is 2. The van der Waals surface area contributed by atoms with Gasteiger partial charge in [-0.1, -0.05) is 18.9 Å². The third kappa shape index (κ3) is 3.27. The van der Waals surface area contributed by atoms with Crippen LogP contribution in [0.3, 0.4) is 0 Å². The highest BCUT2D eigenvalue weighted by atomic mass is 79.9. The highest BCUT2D eigenvalue weighted by Gasteiger charge is 2.15. The van der Waals surface area contributed by atoms with Gasteiger partial charge in [-0.2, -0.15) is 5.48 Å². The minimum atomic E-state index is -0.236. The Morgan fingerprint density at radius 3 is 2.81 bits per heavy atom. The smallest absolute Gasteiger partial charge is 0.137 e. The third-order valence-corrected chi connectivity index (χ3v) is 3.42. The zero-order chi connectivity index (χ0) is 11.4. The maximum Gasteiger partial charge on any atom is 0.137 e. The van der Waals surface area contributed by atoms with E-state index in [0.29, 0.717) is 17.1 Å². The molecule has 0 amide bonds. The van der Waals surface area contributed by atoms with Crippen molar-refractivity contribution in [2.45, 2.75) is 38.3 Å². The van der Waals surface area contributed by atoms with Crippen LogP contribution in [0.2, 0.25) is 0 Å². The molecule has 1 N–H and O–H groups in total. The van der Waals surface area contributed by atoms with Crippen molar-refractivity contribution in [2.75, 3.05) is 0 Å². The van der Waals surface area contributed by atoms with Crippen molar-refractivity contribution in [3.63, 3.8) is 0 Å². The highest BCUT2D eigenvalue weighted by molar-refractivity contribution is 9.10. The van der Waals surface area contributed by atoms with Crippen LogP contribution in [-0.4, -0.2) is 6.10 Å². The van der Waals surface area contributed by atoms with Crippen molar-refractivity contribution < 1.29 is 9.23 Å². The second-order valence-corrected chi connectivity index (χ2v) is 4.95. The molecule has 0 aliphatic heterocycles. The van der Waals surface area contributed by atoms with Crippen LogP contribution >= 0.6 is 15.9 Å². The van der Waals surface area contributed by atoms with Crippen LogP contribution in [0.5, 0.6) is 0 Å². The molecule has 0 atom stereocenters. The van der Waals surface area contributed by atoms with Crippen molar-refractivity contribution in [1.29, 1.82) is 0 Å². The predicted octanol–water partition coefficient (Wildman–Crippen LogP) is 3.55. The zero-order valence-corrected chi connectivity index (χ0v) is 10.6. The van der Waals surface area contributed by atoms with Crippen LogP contribution < -0.4 is 5.48 Å². The van der Waals surface area contributed by atoms with Crippen molar-refractivity contribution >= 4 is 15.9 Å². The summed E-state index contributed by atoms with van der Waals surface area (Å²) in [4.78, 5) is 5.52. The van der Waals surface area contributed by atoms with Gasteiger partial charge in [0.15, 0.2) is 0 Å². The summed E-state index contributed by atoms with van der Waals surface area (Å²) in [5.41, 5.74) is 3.95. The van der Waals surface area contributed by atoms with Crippen LogP contribution in [0, 0.1) is 5.82 Å². The summed E-state index contributed by atoms with van der Waals surface area (Å²) in [6.07, 6.45) is 5.15. The number of benzene rings is 1. The molecule has 0 aromatic heterocycles. The molecular formula is C12H15BrFNO. The molecule has 16 heavy (non-hydrogen) atoms. The van der Waals surface area contributed by atoms with E-state index in [1.54, 1.807) is 12.1 Å². The molecule has 0 unspecified atom stereocenters. The Kier molecular flexibility index (Phi) is 4.32. The Hall–Kier alpha value is -0.450. The molecular weight excluding hydrogens is 273 g/mol. The molecule has 0 spiro atoms. The molecule has 0 heterocycles. The Balaban J connectivity index is 1.78. The fraction of sp³-hybridized carbons (Fsp3) is 0.500. The molecule has 1 aromatic rings. The van der Waals surface area contributed by atoms with Crippen LogP contribution in [0.4, 0.5) is 4.39 Å². The SMILES string of the molecule is Fc1ccc(CNOC2CCCC2)cc1Br. The minimum absolute atomic E-state index is 0.236. The largest absolute Gasteiger partial charge is 0.298 e. The quantitative estimate of drug-likeness (QED) is 0.855. The lowest BCUT2D eigenvalue weighted by atomic mass is 10.2. The molecule has 1 fully saturated rings. The van der Waals surface area contributed by atoms with Crippen LogP contribution in [0.25, 0.3) is 0 Å².